The fourth-order valence-corrected chi connectivity index (χ4v) is 4.43. The molecule has 0 aliphatic carbocycles. The number of carboxylic acid groups (broad SMARTS) is 1. The summed E-state index contributed by atoms with van der Waals surface area (Å²) in [7, 11) is -2.81. The summed E-state index contributed by atoms with van der Waals surface area (Å²) >= 11 is 3.89. The molecule has 7 nitrogen and oxygen atoms in total. The Hall–Kier alpha value is -0.970. The first-order valence-corrected chi connectivity index (χ1v) is 7.46. The Labute approximate surface area is 115 Å². The largest absolute Gasteiger partial charge is 0.480 e. The Morgan fingerprint density at radius 3 is 2.67 bits per heavy atom. The molecule has 0 spiro atoms. The molecule has 0 aliphatic rings. The number of nitrogens with one attached hydrogen (secondary N) is 1. The van der Waals surface area contributed by atoms with Crippen LogP contribution in [-0.4, -0.2) is 39.1 Å². The number of sulfonamides is 1. The average Bonchev–Trinajstić information content (AvgIpc) is 2.68. The van der Waals surface area contributed by atoms with Gasteiger partial charge in [0.15, 0.2) is 0 Å². The van der Waals surface area contributed by atoms with E-state index in [0.717, 1.165) is 17.4 Å². The third-order valence-corrected chi connectivity index (χ3v) is 5.38. The fraction of sp³-hybridized carbons (Fsp3) is 0.250. The van der Waals surface area contributed by atoms with E-state index in [9.17, 15) is 18.0 Å². The Kier molecular flexibility index (Phi) is 4.85. The topological polar surface area (TPSA) is 110 Å². The van der Waals surface area contributed by atoms with Crippen molar-refractivity contribution in [2.75, 3.05) is 13.7 Å². The molecule has 0 saturated heterocycles. The molecule has 0 radical (unpaired) electrons. The van der Waals surface area contributed by atoms with Crippen LogP contribution in [0.1, 0.15) is 9.67 Å². The number of carbonyl (C=O) groups excluding carboxylic acids is 1. The van der Waals surface area contributed by atoms with Gasteiger partial charge in [-0.1, -0.05) is 0 Å². The van der Waals surface area contributed by atoms with Crippen LogP contribution in [0.2, 0.25) is 0 Å². The van der Waals surface area contributed by atoms with Crippen molar-refractivity contribution in [2.24, 2.45) is 0 Å². The molecule has 1 aromatic heterocycles. The summed E-state index contributed by atoms with van der Waals surface area (Å²) in [5.74, 6) is -1.97. The van der Waals surface area contributed by atoms with E-state index in [1.165, 1.54) is 7.11 Å². The number of carbonyl (C=O) groups is 2. The average molecular weight is 358 g/mol. The van der Waals surface area contributed by atoms with Crippen LogP contribution in [-0.2, 0) is 19.6 Å². The number of halogens is 1. The van der Waals surface area contributed by atoms with E-state index in [0.29, 0.717) is 0 Å². The zero-order valence-electron chi connectivity index (χ0n) is 8.97. The predicted octanol–water partition coefficient (Wildman–Crippen LogP) is 0.660. The normalized spacial score (nSPS) is 11.2. The Bertz CT molecular complexity index is 578. The molecule has 0 aliphatic heterocycles. The summed E-state index contributed by atoms with van der Waals surface area (Å²) in [4.78, 5) is 21.4. The Morgan fingerprint density at radius 2 is 2.17 bits per heavy atom. The minimum absolute atomic E-state index is 0.0973. The quantitative estimate of drug-likeness (QED) is 0.749. The van der Waals surface area contributed by atoms with Gasteiger partial charge in [-0.2, -0.15) is 4.72 Å². The molecular weight excluding hydrogens is 350 g/mol. The SMILES string of the molecule is COC(=O)c1cc(S(=O)(=O)NCC(=O)O)c(Br)s1. The van der Waals surface area contributed by atoms with Crippen LogP contribution in [0.5, 0.6) is 0 Å². The molecule has 1 heterocycles. The number of esters is 1. The first-order chi connectivity index (χ1) is 8.27. The van der Waals surface area contributed by atoms with Crippen LogP contribution >= 0.6 is 27.3 Å². The second-order valence-electron chi connectivity index (χ2n) is 2.96. The van der Waals surface area contributed by atoms with Gasteiger partial charge in [-0.05, 0) is 22.0 Å². The van der Waals surface area contributed by atoms with Crippen molar-refractivity contribution < 1.29 is 27.9 Å². The Morgan fingerprint density at radius 1 is 1.56 bits per heavy atom. The molecule has 2 N–H and O–H groups in total. The maximum atomic E-state index is 11.7. The number of hydrogen-bond donors (Lipinski definition) is 2. The molecule has 0 saturated carbocycles. The van der Waals surface area contributed by atoms with Crippen molar-refractivity contribution >= 4 is 49.2 Å². The van der Waals surface area contributed by atoms with Gasteiger partial charge in [0, 0.05) is 0 Å². The molecule has 100 valence electrons. The van der Waals surface area contributed by atoms with Gasteiger partial charge in [0.25, 0.3) is 0 Å². The van der Waals surface area contributed by atoms with Crippen LogP contribution in [0.3, 0.4) is 0 Å². The summed E-state index contributed by atoms with van der Waals surface area (Å²) < 4.78 is 30.0. The lowest BCUT2D eigenvalue weighted by Crippen LogP contribution is -2.29. The number of thiophene rings is 1. The Balaban J connectivity index is 3.06. The third kappa shape index (κ3) is 3.51. The van der Waals surface area contributed by atoms with E-state index < -0.39 is 28.5 Å². The number of ether oxygens (including phenoxy) is 1. The van der Waals surface area contributed by atoms with Crippen LogP contribution in [0.15, 0.2) is 14.7 Å². The van der Waals surface area contributed by atoms with Crippen LogP contribution in [0.4, 0.5) is 0 Å². The van der Waals surface area contributed by atoms with Crippen molar-refractivity contribution in [1.29, 1.82) is 0 Å². The van der Waals surface area contributed by atoms with Crippen LogP contribution in [0.25, 0.3) is 0 Å². The van der Waals surface area contributed by atoms with E-state index in [1.54, 1.807) is 0 Å². The molecule has 1 rings (SSSR count). The van der Waals surface area contributed by atoms with E-state index in [1.807, 2.05) is 4.72 Å². The highest BCUT2D eigenvalue weighted by atomic mass is 79.9. The molecule has 0 fully saturated rings. The van der Waals surface area contributed by atoms with Gasteiger partial charge in [-0.15, -0.1) is 11.3 Å². The van der Waals surface area contributed by atoms with Crippen molar-refractivity contribution in [1.82, 2.24) is 4.72 Å². The van der Waals surface area contributed by atoms with E-state index in [2.05, 4.69) is 20.7 Å². The van der Waals surface area contributed by atoms with Gasteiger partial charge in [0.1, 0.15) is 16.3 Å². The van der Waals surface area contributed by atoms with E-state index in [-0.39, 0.29) is 13.6 Å². The van der Waals surface area contributed by atoms with Crippen LogP contribution in [0, 0.1) is 0 Å². The minimum atomic E-state index is -3.98. The molecule has 1 aromatic rings. The van der Waals surface area contributed by atoms with Crippen LogP contribution < -0.4 is 4.72 Å². The number of carboxylic acids is 1. The molecule has 0 aromatic carbocycles. The van der Waals surface area contributed by atoms with E-state index >= 15 is 0 Å². The van der Waals surface area contributed by atoms with Gasteiger partial charge in [-0.3, -0.25) is 4.79 Å². The first-order valence-electron chi connectivity index (χ1n) is 4.37. The third-order valence-electron chi connectivity index (χ3n) is 1.74. The standard InChI is InChI=1S/C8H8BrNO6S2/c1-16-8(13)4-2-5(7(9)17-4)18(14,15)10-3-6(11)12/h2,10H,3H2,1H3,(H,11,12). The molecule has 0 atom stereocenters. The van der Waals surface area contributed by atoms with Gasteiger partial charge in [-0.25, -0.2) is 13.2 Å². The van der Waals surface area contributed by atoms with Crippen molar-refractivity contribution in [3.8, 4) is 0 Å². The van der Waals surface area contributed by atoms with Gasteiger partial charge in [0.2, 0.25) is 10.0 Å². The molecule has 18 heavy (non-hydrogen) atoms. The van der Waals surface area contributed by atoms with Crippen molar-refractivity contribution in [3.05, 3.63) is 14.7 Å². The lowest BCUT2D eigenvalue weighted by atomic mass is 10.5. The summed E-state index contributed by atoms with van der Waals surface area (Å²) in [6.07, 6.45) is 0. The predicted molar refractivity (Wildman–Crippen MR) is 66.2 cm³/mol. The lowest BCUT2D eigenvalue weighted by Gasteiger charge is -2.02. The minimum Gasteiger partial charge on any atom is -0.480 e. The summed E-state index contributed by atoms with van der Waals surface area (Å²) in [5, 5.41) is 8.41. The lowest BCUT2D eigenvalue weighted by molar-refractivity contribution is -0.135. The second kappa shape index (κ2) is 5.78. The molecule has 0 bridgehead atoms. The maximum Gasteiger partial charge on any atom is 0.348 e. The fourth-order valence-electron chi connectivity index (χ4n) is 0.971. The highest BCUT2D eigenvalue weighted by Gasteiger charge is 2.23. The smallest absolute Gasteiger partial charge is 0.348 e. The number of hydrogen-bond acceptors (Lipinski definition) is 6. The van der Waals surface area contributed by atoms with Crippen molar-refractivity contribution in [2.45, 2.75) is 4.90 Å². The second-order valence-corrected chi connectivity index (χ2v) is 7.06. The van der Waals surface area contributed by atoms with Crippen molar-refractivity contribution in [3.63, 3.8) is 0 Å². The van der Waals surface area contributed by atoms with E-state index in [4.69, 9.17) is 5.11 Å². The summed E-state index contributed by atoms with van der Waals surface area (Å²) in [6, 6.07) is 1.12. The highest BCUT2D eigenvalue weighted by Crippen LogP contribution is 2.31. The number of methoxy groups -OCH3 is 1. The van der Waals surface area contributed by atoms with Gasteiger partial charge < -0.3 is 9.84 Å². The zero-order chi connectivity index (χ0) is 13.9. The number of rotatable bonds is 5. The first kappa shape index (κ1) is 15.1. The highest BCUT2D eigenvalue weighted by molar-refractivity contribution is 9.11. The van der Waals surface area contributed by atoms with Gasteiger partial charge >= 0.3 is 11.9 Å². The molecular formula is C8H8BrNO6S2. The molecule has 0 amide bonds. The molecule has 0 unspecified atom stereocenters. The molecule has 10 heteroatoms. The summed E-state index contributed by atoms with van der Waals surface area (Å²) in [6.45, 7) is -0.738. The van der Waals surface area contributed by atoms with Gasteiger partial charge in [0.05, 0.1) is 10.9 Å². The monoisotopic (exact) mass is 357 g/mol. The number of aliphatic carboxylic acids is 1. The maximum absolute atomic E-state index is 11.7. The summed E-state index contributed by atoms with van der Waals surface area (Å²) in [5.41, 5.74) is 0. The zero-order valence-corrected chi connectivity index (χ0v) is 12.2.